The highest BCUT2D eigenvalue weighted by atomic mass is 19.1. The van der Waals surface area contributed by atoms with Crippen molar-refractivity contribution >= 4 is 6.08 Å². The van der Waals surface area contributed by atoms with Crippen molar-refractivity contribution < 1.29 is 13.9 Å². The van der Waals surface area contributed by atoms with Crippen molar-refractivity contribution in [2.75, 3.05) is 13.2 Å². The molecule has 1 aliphatic rings. The fourth-order valence-electron chi connectivity index (χ4n) is 2.10. The zero-order valence-corrected chi connectivity index (χ0v) is 11.5. The molecule has 108 valence electrons. The van der Waals surface area contributed by atoms with Gasteiger partial charge in [-0.05, 0) is 30.5 Å². The largest absolute Gasteiger partial charge is 0.376 e. The molecular formula is C16H15FN2O2. The molecule has 0 amide bonds. The number of benzene rings is 1. The summed E-state index contributed by atoms with van der Waals surface area (Å²) in [5, 5.41) is 17.3. The molecule has 0 aromatic heterocycles. The summed E-state index contributed by atoms with van der Waals surface area (Å²) < 4.78 is 24.8. The fourth-order valence-corrected chi connectivity index (χ4v) is 2.10. The van der Waals surface area contributed by atoms with E-state index in [-0.39, 0.29) is 18.3 Å². The van der Waals surface area contributed by atoms with Crippen molar-refractivity contribution in [3.05, 3.63) is 40.7 Å². The molecule has 1 aromatic carbocycles. The van der Waals surface area contributed by atoms with Crippen molar-refractivity contribution in [3.63, 3.8) is 0 Å². The molecule has 0 radical (unpaired) electrons. The quantitative estimate of drug-likeness (QED) is 0.780. The second-order valence-corrected chi connectivity index (χ2v) is 4.78. The molecule has 0 bridgehead atoms. The maximum atomic E-state index is 13.9. The molecule has 21 heavy (non-hydrogen) atoms. The SMILES string of the molecule is N#CC(C#N)=Cc1ccc(COCC2CCCO2)c(F)c1. The highest BCUT2D eigenvalue weighted by molar-refractivity contribution is 5.62. The molecule has 1 heterocycles. The second kappa shape index (κ2) is 7.54. The van der Waals surface area contributed by atoms with Gasteiger partial charge >= 0.3 is 0 Å². The number of hydrogen-bond donors (Lipinski definition) is 0. The number of rotatable bonds is 5. The van der Waals surface area contributed by atoms with E-state index in [4.69, 9.17) is 20.0 Å². The number of hydrogen-bond acceptors (Lipinski definition) is 4. The van der Waals surface area contributed by atoms with Crippen LogP contribution < -0.4 is 0 Å². The summed E-state index contributed by atoms with van der Waals surface area (Å²) in [6.07, 6.45) is 3.49. The Hall–Kier alpha value is -2.21. The van der Waals surface area contributed by atoms with E-state index in [0.29, 0.717) is 17.7 Å². The van der Waals surface area contributed by atoms with Gasteiger partial charge in [0.2, 0.25) is 0 Å². The first-order valence-electron chi connectivity index (χ1n) is 6.72. The summed E-state index contributed by atoms with van der Waals surface area (Å²) in [4.78, 5) is 0. The second-order valence-electron chi connectivity index (χ2n) is 4.78. The minimum absolute atomic E-state index is 0.0585. The van der Waals surface area contributed by atoms with Crippen LogP contribution in [-0.2, 0) is 16.1 Å². The summed E-state index contributed by atoms with van der Waals surface area (Å²) in [7, 11) is 0. The van der Waals surface area contributed by atoms with Crippen molar-refractivity contribution in [1.82, 2.24) is 0 Å². The average molecular weight is 286 g/mol. The van der Waals surface area contributed by atoms with Crippen LogP contribution in [0.15, 0.2) is 23.8 Å². The van der Waals surface area contributed by atoms with Gasteiger partial charge in [0.15, 0.2) is 0 Å². The van der Waals surface area contributed by atoms with Crippen LogP contribution in [0.5, 0.6) is 0 Å². The molecule has 0 N–H and O–H groups in total. The molecule has 1 fully saturated rings. The molecule has 0 aliphatic carbocycles. The number of nitriles is 2. The molecule has 2 rings (SSSR count). The molecule has 1 unspecified atom stereocenters. The zero-order valence-electron chi connectivity index (χ0n) is 11.5. The van der Waals surface area contributed by atoms with E-state index >= 15 is 0 Å². The van der Waals surface area contributed by atoms with E-state index in [9.17, 15) is 4.39 Å². The van der Waals surface area contributed by atoms with E-state index in [1.807, 2.05) is 0 Å². The highest BCUT2D eigenvalue weighted by Crippen LogP contribution is 2.16. The Kier molecular flexibility index (Phi) is 5.45. The van der Waals surface area contributed by atoms with Gasteiger partial charge in [-0.2, -0.15) is 10.5 Å². The first-order chi connectivity index (χ1) is 10.2. The van der Waals surface area contributed by atoms with Gasteiger partial charge < -0.3 is 9.47 Å². The summed E-state index contributed by atoms with van der Waals surface area (Å²) in [6.45, 7) is 1.41. The van der Waals surface area contributed by atoms with Gasteiger partial charge in [-0.15, -0.1) is 0 Å². The number of allylic oxidation sites excluding steroid dienone is 1. The van der Waals surface area contributed by atoms with Gasteiger partial charge in [0.05, 0.1) is 19.3 Å². The predicted octanol–water partition coefficient (Wildman–Crippen LogP) is 2.95. The van der Waals surface area contributed by atoms with E-state index < -0.39 is 5.82 Å². The summed E-state index contributed by atoms with van der Waals surface area (Å²) in [6, 6.07) is 8.02. The summed E-state index contributed by atoms with van der Waals surface area (Å²) >= 11 is 0. The van der Waals surface area contributed by atoms with Crippen LogP contribution >= 0.6 is 0 Å². The average Bonchev–Trinajstić information content (AvgIpc) is 3.00. The number of nitrogens with zero attached hydrogens (tertiary/aromatic N) is 2. The minimum atomic E-state index is -0.411. The van der Waals surface area contributed by atoms with Crippen molar-refractivity contribution in [1.29, 1.82) is 10.5 Å². The first kappa shape index (κ1) is 15.2. The highest BCUT2D eigenvalue weighted by Gasteiger charge is 2.15. The number of ether oxygens (including phenoxy) is 2. The summed E-state index contributed by atoms with van der Waals surface area (Å²) in [5.41, 5.74) is 0.867. The van der Waals surface area contributed by atoms with Gasteiger partial charge in [-0.25, -0.2) is 4.39 Å². The minimum Gasteiger partial charge on any atom is -0.376 e. The topological polar surface area (TPSA) is 66.0 Å². The van der Waals surface area contributed by atoms with Gasteiger partial charge in [0.1, 0.15) is 23.5 Å². The van der Waals surface area contributed by atoms with Crippen molar-refractivity contribution in [2.45, 2.75) is 25.6 Å². The third-order valence-electron chi connectivity index (χ3n) is 3.21. The zero-order chi connectivity index (χ0) is 15.1. The molecule has 1 aliphatic heterocycles. The monoisotopic (exact) mass is 286 g/mol. The lowest BCUT2D eigenvalue weighted by molar-refractivity contribution is 0.00982. The summed E-state index contributed by atoms with van der Waals surface area (Å²) in [5.74, 6) is -0.411. The fraction of sp³-hybridized carbons (Fsp3) is 0.375. The third-order valence-corrected chi connectivity index (χ3v) is 3.21. The maximum absolute atomic E-state index is 13.9. The Balaban J connectivity index is 1.94. The molecule has 1 atom stereocenters. The maximum Gasteiger partial charge on any atom is 0.130 e. The van der Waals surface area contributed by atoms with Gasteiger partial charge in [0.25, 0.3) is 0 Å². The lowest BCUT2D eigenvalue weighted by Gasteiger charge is -2.10. The van der Waals surface area contributed by atoms with Crippen LogP contribution in [0.25, 0.3) is 6.08 Å². The van der Waals surface area contributed by atoms with Crippen LogP contribution in [0.3, 0.4) is 0 Å². The lowest BCUT2D eigenvalue weighted by Crippen LogP contribution is -2.14. The number of halogens is 1. The molecule has 1 saturated heterocycles. The lowest BCUT2D eigenvalue weighted by atomic mass is 10.1. The molecule has 0 spiro atoms. The normalized spacial score (nSPS) is 17.0. The van der Waals surface area contributed by atoms with Gasteiger partial charge in [-0.3, -0.25) is 0 Å². The van der Waals surface area contributed by atoms with Crippen molar-refractivity contribution in [2.24, 2.45) is 0 Å². The van der Waals surface area contributed by atoms with E-state index in [0.717, 1.165) is 19.4 Å². The smallest absolute Gasteiger partial charge is 0.130 e. The molecule has 1 aromatic rings. The Bertz CT molecular complexity index is 592. The first-order valence-corrected chi connectivity index (χ1v) is 6.72. The third kappa shape index (κ3) is 4.39. The van der Waals surface area contributed by atoms with Gasteiger partial charge in [-0.1, -0.05) is 12.1 Å². The van der Waals surface area contributed by atoms with E-state index in [2.05, 4.69) is 0 Å². The van der Waals surface area contributed by atoms with Crippen LogP contribution in [0.2, 0.25) is 0 Å². The predicted molar refractivity (Wildman–Crippen MR) is 74.2 cm³/mol. The van der Waals surface area contributed by atoms with Crippen LogP contribution in [0, 0.1) is 28.5 Å². The van der Waals surface area contributed by atoms with Crippen LogP contribution in [-0.4, -0.2) is 19.3 Å². The van der Waals surface area contributed by atoms with Crippen LogP contribution in [0.4, 0.5) is 4.39 Å². The Morgan fingerprint density at radius 2 is 2.24 bits per heavy atom. The van der Waals surface area contributed by atoms with E-state index in [1.165, 1.54) is 12.1 Å². The molecular weight excluding hydrogens is 271 g/mol. The van der Waals surface area contributed by atoms with Crippen molar-refractivity contribution in [3.8, 4) is 12.1 Å². The Morgan fingerprint density at radius 3 is 2.86 bits per heavy atom. The Labute approximate surface area is 123 Å². The molecule has 5 heteroatoms. The molecule has 4 nitrogen and oxygen atoms in total. The Morgan fingerprint density at radius 1 is 1.43 bits per heavy atom. The molecule has 0 saturated carbocycles. The van der Waals surface area contributed by atoms with E-state index in [1.54, 1.807) is 24.3 Å². The van der Waals surface area contributed by atoms with Gasteiger partial charge in [0, 0.05) is 12.2 Å². The van der Waals surface area contributed by atoms with Crippen LogP contribution in [0.1, 0.15) is 24.0 Å². The standard InChI is InChI=1S/C16H15FN2O2/c17-16-7-12(6-13(8-18)9-19)3-4-14(16)10-20-11-15-2-1-5-21-15/h3-4,6-7,15H,1-2,5,10-11H2.